The molecule has 4 aliphatic rings. The van der Waals surface area contributed by atoms with Crippen LogP contribution in [-0.2, 0) is 0 Å². The number of rotatable bonds is 5. The summed E-state index contributed by atoms with van der Waals surface area (Å²) in [6, 6.07) is 0. The van der Waals surface area contributed by atoms with Crippen molar-refractivity contribution in [2.75, 3.05) is 0 Å². The second-order valence-electron chi connectivity index (χ2n) is 12.6. The fourth-order valence-electron chi connectivity index (χ4n) is 9.26. The molecule has 2 nitrogen and oxygen atoms in total. The van der Waals surface area contributed by atoms with E-state index in [1.807, 2.05) is 0 Å². The maximum absolute atomic E-state index is 9.47. The fourth-order valence-corrected chi connectivity index (χ4v) is 9.26. The van der Waals surface area contributed by atoms with Crippen molar-refractivity contribution in [2.24, 2.45) is 57.4 Å². The minimum Gasteiger partial charge on any atom is -0.411 e. The minimum absolute atomic E-state index is 0.394. The van der Waals surface area contributed by atoms with Crippen LogP contribution >= 0.6 is 0 Å². The lowest BCUT2D eigenvalue weighted by Gasteiger charge is -2.60. The van der Waals surface area contributed by atoms with Gasteiger partial charge in [-0.1, -0.05) is 59.0 Å². The van der Waals surface area contributed by atoms with Gasteiger partial charge in [0.2, 0.25) is 0 Å². The first-order valence-electron chi connectivity index (χ1n) is 13.0. The van der Waals surface area contributed by atoms with Crippen molar-refractivity contribution in [1.29, 1.82) is 0 Å². The maximum Gasteiger partial charge on any atom is 0.0576 e. The highest BCUT2D eigenvalue weighted by Crippen LogP contribution is 2.68. The van der Waals surface area contributed by atoms with Gasteiger partial charge in [0.25, 0.3) is 0 Å². The molecule has 0 heterocycles. The third kappa shape index (κ3) is 3.69. The second-order valence-corrected chi connectivity index (χ2v) is 12.6. The number of nitrogens with zero attached hydrogens (tertiary/aromatic N) is 1. The molecule has 8 atom stereocenters. The van der Waals surface area contributed by atoms with Crippen LogP contribution in [0.4, 0.5) is 0 Å². The van der Waals surface area contributed by atoms with Crippen molar-refractivity contribution in [1.82, 2.24) is 0 Å². The van der Waals surface area contributed by atoms with Crippen LogP contribution in [0.15, 0.2) is 5.16 Å². The van der Waals surface area contributed by atoms with Gasteiger partial charge >= 0.3 is 0 Å². The Morgan fingerprint density at radius 1 is 0.931 bits per heavy atom. The Bertz CT molecular complexity index is 612. The van der Waals surface area contributed by atoms with E-state index >= 15 is 0 Å². The highest BCUT2D eigenvalue weighted by Gasteiger charge is 2.60. The summed E-state index contributed by atoms with van der Waals surface area (Å²) in [7, 11) is 0. The Morgan fingerprint density at radius 2 is 1.69 bits per heavy atom. The summed E-state index contributed by atoms with van der Waals surface area (Å²) >= 11 is 0. The summed E-state index contributed by atoms with van der Waals surface area (Å²) in [6.45, 7) is 12.6. The van der Waals surface area contributed by atoms with Crippen LogP contribution in [-0.4, -0.2) is 10.9 Å². The van der Waals surface area contributed by atoms with Crippen molar-refractivity contribution in [2.45, 2.75) is 112 Å². The van der Waals surface area contributed by atoms with E-state index in [2.05, 4.69) is 39.8 Å². The molecule has 0 aliphatic heterocycles. The predicted molar refractivity (Wildman–Crippen MR) is 122 cm³/mol. The summed E-state index contributed by atoms with van der Waals surface area (Å²) in [6.07, 6.45) is 16.4. The van der Waals surface area contributed by atoms with Gasteiger partial charge in [-0.3, -0.25) is 0 Å². The summed E-state index contributed by atoms with van der Waals surface area (Å²) < 4.78 is 0. The SMILES string of the molecule is CC(C)CCC[C@@H](C)[C@H]1CC[C@H]2[C@@H]3CC[C@H]4CC/C(=N\O)C[C@]4(C)[C@H]3CC[C@]12C. The van der Waals surface area contributed by atoms with Gasteiger partial charge in [-0.2, -0.15) is 0 Å². The first kappa shape index (κ1) is 21.7. The summed E-state index contributed by atoms with van der Waals surface area (Å²) in [5.74, 6) is 6.32. The molecule has 0 saturated heterocycles. The van der Waals surface area contributed by atoms with Crippen LogP contribution in [0.2, 0.25) is 0 Å². The Balaban J connectivity index is 1.48. The first-order chi connectivity index (χ1) is 13.8. The normalized spacial score (nSPS) is 47.0. The molecule has 166 valence electrons. The van der Waals surface area contributed by atoms with Crippen molar-refractivity contribution >= 4 is 5.71 Å². The van der Waals surface area contributed by atoms with E-state index in [4.69, 9.17) is 0 Å². The van der Waals surface area contributed by atoms with Crippen molar-refractivity contribution in [3.8, 4) is 0 Å². The number of oxime groups is 1. The largest absolute Gasteiger partial charge is 0.411 e. The Kier molecular flexibility index (Phi) is 6.13. The van der Waals surface area contributed by atoms with Gasteiger partial charge in [-0.05, 0) is 110 Å². The zero-order chi connectivity index (χ0) is 20.8. The molecule has 4 aliphatic carbocycles. The zero-order valence-electron chi connectivity index (χ0n) is 19.9. The van der Waals surface area contributed by atoms with Crippen LogP contribution in [0.3, 0.4) is 0 Å². The van der Waals surface area contributed by atoms with Gasteiger partial charge in [-0.15, -0.1) is 0 Å². The van der Waals surface area contributed by atoms with E-state index in [0.29, 0.717) is 10.8 Å². The van der Waals surface area contributed by atoms with E-state index in [-0.39, 0.29) is 0 Å². The Hall–Kier alpha value is -0.530. The van der Waals surface area contributed by atoms with Crippen LogP contribution in [0.5, 0.6) is 0 Å². The molecule has 0 amide bonds. The van der Waals surface area contributed by atoms with Crippen LogP contribution < -0.4 is 0 Å². The molecular weight excluding hydrogens is 354 g/mol. The third-order valence-corrected chi connectivity index (χ3v) is 10.8. The topological polar surface area (TPSA) is 32.6 Å². The molecule has 0 aromatic carbocycles. The summed E-state index contributed by atoms with van der Waals surface area (Å²) in [5, 5.41) is 13.2. The van der Waals surface area contributed by atoms with E-state index in [1.54, 1.807) is 0 Å². The van der Waals surface area contributed by atoms with Gasteiger partial charge in [-0.25, -0.2) is 0 Å². The van der Waals surface area contributed by atoms with Gasteiger partial charge < -0.3 is 5.21 Å². The molecule has 0 aromatic rings. The monoisotopic (exact) mass is 401 g/mol. The lowest BCUT2D eigenvalue weighted by Crippen LogP contribution is -2.54. The van der Waals surface area contributed by atoms with Crippen LogP contribution in [0, 0.1) is 52.3 Å². The lowest BCUT2D eigenvalue weighted by molar-refractivity contribution is -0.102. The molecule has 29 heavy (non-hydrogen) atoms. The highest BCUT2D eigenvalue weighted by atomic mass is 16.4. The highest BCUT2D eigenvalue weighted by molar-refractivity contribution is 5.85. The van der Waals surface area contributed by atoms with Crippen molar-refractivity contribution in [3.05, 3.63) is 0 Å². The van der Waals surface area contributed by atoms with E-state index in [9.17, 15) is 5.21 Å². The molecule has 0 radical (unpaired) electrons. The maximum atomic E-state index is 9.47. The molecule has 0 unspecified atom stereocenters. The Labute approximate surface area is 180 Å². The molecule has 0 aromatic heterocycles. The van der Waals surface area contributed by atoms with Gasteiger partial charge in [0, 0.05) is 0 Å². The third-order valence-electron chi connectivity index (χ3n) is 10.8. The molecule has 4 fully saturated rings. The Morgan fingerprint density at radius 3 is 2.41 bits per heavy atom. The first-order valence-corrected chi connectivity index (χ1v) is 13.0. The van der Waals surface area contributed by atoms with Crippen molar-refractivity contribution in [3.63, 3.8) is 0 Å². The van der Waals surface area contributed by atoms with Gasteiger partial charge in [0.15, 0.2) is 0 Å². The average Bonchev–Trinajstić information content (AvgIpc) is 3.04. The van der Waals surface area contributed by atoms with Gasteiger partial charge in [0.05, 0.1) is 5.71 Å². The number of hydrogen-bond donors (Lipinski definition) is 1. The second kappa shape index (κ2) is 8.19. The van der Waals surface area contributed by atoms with E-state index < -0.39 is 0 Å². The van der Waals surface area contributed by atoms with Gasteiger partial charge in [0.1, 0.15) is 0 Å². The molecule has 1 N–H and O–H groups in total. The molecule has 2 heteroatoms. The summed E-state index contributed by atoms with van der Waals surface area (Å²) in [4.78, 5) is 0. The molecule has 4 saturated carbocycles. The lowest BCUT2D eigenvalue weighted by atomic mass is 9.44. The van der Waals surface area contributed by atoms with Crippen LogP contribution in [0.1, 0.15) is 112 Å². The fraction of sp³-hybridized carbons (Fsp3) is 0.963. The average molecular weight is 402 g/mol. The quantitative estimate of drug-likeness (QED) is 0.368. The minimum atomic E-state index is 0.394. The smallest absolute Gasteiger partial charge is 0.0576 e. The zero-order valence-corrected chi connectivity index (χ0v) is 19.9. The summed E-state index contributed by atoms with van der Waals surface area (Å²) in [5.41, 5.74) is 2.07. The molecule has 0 spiro atoms. The van der Waals surface area contributed by atoms with Crippen LogP contribution in [0.25, 0.3) is 0 Å². The number of fused-ring (bicyclic) bond motifs is 5. The number of hydrogen-bond acceptors (Lipinski definition) is 2. The molecule has 0 bridgehead atoms. The van der Waals surface area contributed by atoms with E-state index in [0.717, 1.165) is 60.0 Å². The standard InChI is InChI=1S/C27H47NO/c1-18(2)7-6-8-19(3)23-13-14-24-22-12-10-20-9-11-21(28-29)17-27(20,5)25(22)15-16-26(23,24)4/h18-20,22-25,29H,6-17H2,1-5H3/b28-21+/t19-,20-,22+,23-,24+,25+,26-,27+/m1/s1. The molecule has 4 rings (SSSR count). The molecular formula is C27H47NO. The predicted octanol–water partition coefficient (Wildman–Crippen LogP) is 7.94. The van der Waals surface area contributed by atoms with E-state index in [1.165, 1.54) is 64.2 Å². The van der Waals surface area contributed by atoms with Crippen molar-refractivity contribution < 1.29 is 5.21 Å².